The Balaban J connectivity index is 1.28. The summed E-state index contributed by atoms with van der Waals surface area (Å²) in [5, 5.41) is 2.23. The van der Waals surface area contributed by atoms with Crippen LogP contribution in [0.5, 0.6) is 17.2 Å². The van der Waals surface area contributed by atoms with E-state index in [2.05, 4.69) is 134 Å². The first-order valence-electron chi connectivity index (χ1n) is 18.9. The summed E-state index contributed by atoms with van der Waals surface area (Å²) < 4.78 is 24.7. The maximum absolute atomic E-state index is 7.65. The molecule has 53 heavy (non-hydrogen) atoms. The van der Waals surface area contributed by atoms with Crippen molar-refractivity contribution in [2.75, 3.05) is 45.4 Å². The molecule has 0 N–H and O–H groups in total. The molecule has 5 heteroatoms. The first kappa shape index (κ1) is 33.3. The van der Waals surface area contributed by atoms with Crippen LogP contribution in [0.25, 0.3) is 39.1 Å². The van der Waals surface area contributed by atoms with E-state index in [9.17, 15) is 0 Å². The summed E-state index contributed by atoms with van der Waals surface area (Å²) in [6, 6.07) is 41.5. The monoisotopic (exact) mass is 699 g/mol. The van der Waals surface area contributed by atoms with Gasteiger partial charge in [-0.05, 0) is 106 Å². The molecule has 3 aliphatic rings. The normalized spacial score (nSPS) is 18.2. The summed E-state index contributed by atoms with van der Waals surface area (Å²) in [6.45, 7) is 7.94. The van der Waals surface area contributed by atoms with E-state index < -0.39 is 5.60 Å². The summed E-state index contributed by atoms with van der Waals surface area (Å²) in [5.41, 5.74) is 11.2. The number of morpholine rings is 1. The molecule has 266 valence electrons. The van der Waals surface area contributed by atoms with Crippen LogP contribution >= 0.6 is 0 Å². The van der Waals surface area contributed by atoms with Crippen LogP contribution in [0, 0.1) is 0 Å². The predicted molar refractivity (Wildman–Crippen MR) is 216 cm³/mol. The van der Waals surface area contributed by atoms with E-state index in [0.29, 0.717) is 0 Å². The van der Waals surface area contributed by atoms with Gasteiger partial charge in [0.2, 0.25) is 0 Å². The quantitative estimate of drug-likeness (QED) is 0.158. The van der Waals surface area contributed by atoms with Crippen molar-refractivity contribution in [2.45, 2.75) is 37.7 Å². The maximum atomic E-state index is 7.65. The minimum Gasteiger partial charge on any atom is -0.497 e. The van der Waals surface area contributed by atoms with E-state index in [1.54, 1.807) is 14.2 Å². The Labute approximate surface area is 312 Å². The molecule has 6 aromatic carbocycles. The third kappa shape index (κ3) is 5.16. The average molecular weight is 700 g/mol. The zero-order valence-corrected chi connectivity index (χ0v) is 30.9. The van der Waals surface area contributed by atoms with Gasteiger partial charge in [0.15, 0.2) is 5.60 Å². The van der Waals surface area contributed by atoms with Gasteiger partial charge in [-0.3, -0.25) is 0 Å². The Hall–Kier alpha value is -5.52. The van der Waals surface area contributed by atoms with E-state index in [1.165, 1.54) is 44.5 Å². The largest absolute Gasteiger partial charge is 0.497 e. The summed E-state index contributed by atoms with van der Waals surface area (Å²) in [4.78, 5) is 2.39. The molecule has 1 unspecified atom stereocenters. The van der Waals surface area contributed by atoms with Crippen molar-refractivity contribution in [3.63, 3.8) is 0 Å². The van der Waals surface area contributed by atoms with Crippen molar-refractivity contribution in [1.29, 1.82) is 0 Å². The number of methoxy groups -OCH3 is 2. The first-order valence-corrected chi connectivity index (χ1v) is 18.9. The predicted octanol–water partition coefficient (Wildman–Crippen LogP) is 10.8. The van der Waals surface area contributed by atoms with E-state index in [0.717, 1.165) is 78.5 Å². The van der Waals surface area contributed by atoms with Crippen LogP contribution in [0.3, 0.4) is 0 Å². The van der Waals surface area contributed by atoms with Gasteiger partial charge < -0.3 is 23.8 Å². The van der Waals surface area contributed by atoms with Gasteiger partial charge in [0.25, 0.3) is 0 Å². The second-order valence-corrected chi connectivity index (χ2v) is 14.4. The molecule has 0 spiro atoms. The third-order valence-corrected chi connectivity index (χ3v) is 12.0. The molecule has 0 radical (unpaired) electrons. The highest BCUT2D eigenvalue weighted by Gasteiger charge is 2.47. The zero-order valence-electron chi connectivity index (χ0n) is 30.9. The van der Waals surface area contributed by atoms with E-state index in [4.69, 9.17) is 18.9 Å². The van der Waals surface area contributed by atoms with Gasteiger partial charge in [0.1, 0.15) is 17.2 Å². The second kappa shape index (κ2) is 13.2. The van der Waals surface area contributed by atoms with E-state index in [1.807, 2.05) is 12.1 Å². The van der Waals surface area contributed by atoms with Crippen molar-refractivity contribution in [3.05, 3.63) is 149 Å². The number of rotatable bonds is 8. The minimum absolute atomic E-state index is 0.193. The van der Waals surface area contributed by atoms with Gasteiger partial charge >= 0.3 is 0 Å². The van der Waals surface area contributed by atoms with Crippen LogP contribution in [0.1, 0.15) is 54.5 Å². The number of hydrogen-bond donors (Lipinski definition) is 0. The fraction of sp³-hybridized carbons (Fsp3) is 0.250. The van der Waals surface area contributed by atoms with Gasteiger partial charge in [0, 0.05) is 46.3 Å². The number of nitrogens with zero attached hydrogens (tertiary/aromatic N) is 1. The zero-order chi connectivity index (χ0) is 36.2. The maximum Gasteiger partial charge on any atom is 0.178 e. The Morgan fingerprint density at radius 3 is 2.04 bits per heavy atom. The topological polar surface area (TPSA) is 40.2 Å². The molecule has 5 nitrogen and oxygen atoms in total. The fourth-order valence-electron chi connectivity index (χ4n) is 9.17. The van der Waals surface area contributed by atoms with Crippen molar-refractivity contribution >= 4 is 22.5 Å². The summed E-state index contributed by atoms with van der Waals surface area (Å²) >= 11 is 0. The summed E-state index contributed by atoms with van der Waals surface area (Å²) in [7, 11) is 3.44. The smallest absolute Gasteiger partial charge is 0.178 e. The molecule has 1 fully saturated rings. The Morgan fingerprint density at radius 2 is 1.36 bits per heavy atom. The van der Waals surface area contributed by atoms with E-state index in [-0.39, 0.29) is 5.41 Å². The molecule has 0 bridgehead atoms. The number of fused-ring (bicyclic) bond motifs is 8. The average Bonchev–Trinajstić information content (AvgIpc) is 3.54. The highest BCUT2D eigenvalue weighted by molar-refractivity contribution is 6.09. The standard InChI is InChI=1S/C48H45NO4/c1-5-47(6-2)43-30-33(32-10-8-7-9-11-32)12-22-40(43)44-39-23-21-38(51-4)31-42(39)46-41(45(44)47)24-25-48(53-46,35-15-19-37(50-3)20-16-35)34-13-17-36(18-14-34)49-26-28-52-29-27-49/h7-25,30-31H,5-6,26-29H2,1-4H3. The van der Waals surface area contributed by atoms with Gasteiger partial charge in [-0.15, -0.1) is 0 Å². The van der Waals surface area contributed by atoms with E-state index >= 15 is 0 Å². The molecule has 2 heterocycles. The number of ether oxygens (including phenoxy) is 4. The molecule has 6 aromatic rings. The van der Waals surface area contributed by atoms with Crippen molar-refractivity contribution < 1.29 is 18.9 Å². The Kier molecular flexibility index (Phi) is 8.27. The lowest BCUT2D eigenvalue weighted by Gasteiger charge is -2.39. The Bertz CT molecular complexity index is 2340. The van der Waals surface area contributed by atoms with Crippen LogP contribution in [-0.4, -0.2) is 40.5 Å². The SMILES string of the molecule is CCC1(CC)c2cc(-c3ccccc3)ccc2-c2c1c1c(c3cc(OC)ccc23)OC(c2ccc(OC)cc2)(c2ccc(N3CCOCC3)cc2)C=C1. The molecule has 1 saturated heterocycles. The third-order valence-electron chi connectivity index (χ3n) is 12.0. The minimum atomic E-state index is -0.889. The highest BCUT2D eigenvalue weighted by atomic mass is 16.5. The van der Waals surface area contributed by atoms with Gasteiger partial charge in [-0.2, -0.15) is 0 Å². The van der Waals surface area contributed by atoms with Crippen molar-refractivity contribution in [3.8, 4) is 39.5 Å². The first-order chi connectivity index (χ1) is 26.0. The summed E-state index contributed by atoms with van der Waals surface area (Å²) in [6.07, 6.45) is 6.56. The number of anilines is 1. The molecule has 0 saturated carbocycles. The van der Waals surface area contributed by atoms with Crippen molar-refractivity contribution in [1.82, 2.24) is 0 Å². The lowest BCUT2D eigenvalue weighted by molar-refractivity contribution is 0.122. The Morgan fingerprint density at radius 1 is 0.679 bits per heavy atom. The lowest BCUT2D eigenvalue weighted by atomic mass is 9.70. The van der Waals surface area contributed by atoms with Gasteiger partial charge in [0.05, 0.1) is 27.4 Å². The van der Waals surface area contributed by atoms with Crippen LogP contribution in [0.2, 0.25) is 0 Å². The fourth-order valence-corrected chi connectivity index (χ4v) is 9.17. The van der Waals surface area contributed by atoms with Crippen LogP contribution in [0.15, 0.2) is 121 Å². The molecule has 2 aliphatic heterocycles. The molecular weight excluding hydrogens is 655 g/mol. The van der Waals surface area contributed by atoms with Gasteiger partial charge in [-0.25, -0.2) is 0 Å². The van der Waals surface area contributed by atoms with Crippen LogP contribution in [-0.2, 0) is 15.8 Å². The van der Waals surface area contributed by atoms with Crippen LogP contribution < -0.4 is 19.1 Å². The summed E-state index contributed by atoms with van der Waals surface area (Å²) in [5.74, 6) is 2.50. The van der Waals surface area contributed by atoms with Crippen LogP contribution in [0.4, 0.5) is 5.69 Å². The second-order valence-electron chi connectivity index (χ2n) is 14.4. The molecule has 1 atom stereocenters. The molecule has 1 aliphatic carbocycles. The van der Waals surface area contributed by atoms with Gasteiger partial charge in [-0.1, -0.05) is 86.7 Å². The lowest BCUT2D eigenvalue weighted by Crippen LogP contribution is -2.37. The molecule has 0 amide bonds. The molecule has 9 rings (SSSR count). The number of hydrogen-bond acceptors (Lipinski definition) is 5. The molecule has 0 aromatic heterocycles. The number of benzene rings is 6. The highest BCUT2D eigenvalue weighted by Crippen LogP contribution is 2.61. The van der Waals surface area contributed by atoms with Crippen molar-refractivity contribution in [2.24, 2.45) is 0 Å². The molecular formula is C48H45NO4.